The number of hydrogen-bond donors (Lipinski definition) is 1. The molecule has 5 heavy (non-hydrogen) atoms. The van der Waals surface area contributed by atoms with Gasteiger partial charge in [0.1, 0.15) is 0 Å². The Balaban J connectivity index is -0.0000000200. The molecule has 0 aliphatic carbocycles. The molecule has 25 valence electrons. The Kier molecular flexibility index (Phi) is 76.4. The van der Waals surface area contributed by atoms with Crippen LogP contribution in [0.1, 0.15) is 0 Å². The van der Waals surface area contributed by atoms with Gasteiger partial charge in [0.2, 0.25) is 0 Å². The molecule has 3 nitrogen and oxygen atoms in total. The summed E-state index contributed by atoms with van der Waals surface area (Å²) in [4.78, 5) is 0. The van der Waals surface area contributed by atoms with Crippen molar-refractivity contribution in [3.63, 3.8) is 0 Å². The molecular formula is H2BMgO3. The summed E-state index contributed by atoms with van der Waals surface area (Å²) in [5.41, 5.74) is 0. The van der Waals surface area contributed by atoms with E-state index in [2.05, 4.69) is 0 Å². The van der Waals surface area contributed by atoms with Crippen LogP contribution in [0.3, 0.4) is 0 Å². The molecule has 0 aromatic rings. The Morgan fingerprint density at radius 1 is 1.60 bits per heavy atom. The fraction of sp³-hybridized carbons (Fsp3) is 0. The van der Waals surface area contributed by atoms with Crippen LogP contribution < -0.4 is 5.02 Å². The van der Waals surface area contributed by atoms with Crippen molar-refractivity contribution >= 4 is 30.7 Å². The summed E-state index contributed by atoms with van der Waals surface area (Å²) < 4.78 is 0. The van der Waals surface area contributed by atoms with E-state index in [1.807, 2.05) is 0 Å². The first-order valence-corrected chi connectivity index (χ1v) is 0.494. The second kappa shape index (κ2) is 22.2. The van der Waals surface area contributed by atoms with Crippen LogP contribution >= 0.6 is 0 Å². The minimum absolute atomic E-state index is 0. The molecule has 0 atom stereocenters. The minimum Gasteiger partial charge on any atom is -0.870 e. The zero-order valence-electron chi connectivity index (χ0n) is 2.59. The van der Waals surface area contributed by atoms with Crippen LogP contribution in [0.15, 0.2) is 0 Å². The van der Waals surface area contributed by atoms with E-state index in [1.54, 1.807) is 0 Å². The molecule has 2 N–H and O–H groups in total. The van der Waals surface area contributed by atoms with Gasteiger partial charge < -0.3 is 15.5 Å². The van der Waals surface area contributed by atoms with Gasteiger partial charge in [0, 0.05) is 0 Å². The van der Waals surface area contributed by atoms with E-state index in [0.717, 1.165) is 0 Å². The predicted octanol–water partition coefficient (Wildman–Crippen LogP) is -2.68. The monoisotopic (exact) mass is 85.0 g/mol. The minimum atomic E-state index is -0.250. The van der Waals surface area contributed by atoms with E-state index in [0.29, 0.717) is 0 Å². The van der Waals surface area contributed by atoms with Crippen molar-refractivity contribution in [3.8, 4) is 0 Å². The van der Waals surface area contributed by atoms with Crippen molar-refractivity contribution in [2.24, 2.45) is 0 Å². The third-order valence-electron chi connectivity index (χ3n) is 0. The second-order valence-corrected chi connectivity index (χ2v) is 0.105. The average molecular weight is 85.1 g/mol. The quantitative estimate of drug-likeness (QED) is 0.326. The molecule has 1 radical (unpaired) electrons. The summed E-state index contributed by atoms with van der Waals surface area (Å²) in [5, 5.41) is 15.2. The first-order valence-electron chi connectivity index (χ1n) is 0.494. The van der Waals surface area contributed by atoms with Crippen LogP contribution in [0, 0.1) is 0 Å². The molecule has 0 saturated carbocycles. The van der Waals surface area contributed by atoms with Crippen molar-refractivity contribution in [2.75, 3.05) is 0 Å². The largest absolute Gasteiger partial charge is 2.00 e. The molecule has 0 amide bonds. The summed E-state index contributed by atoms with van der Waals surface area (Å²) >= 11 is 0. The SMILES string of the molecule is [Mg+2].[O-][B]O.[OH-]. The Morgan fingerprint density at radius 3 is 1.60 bits per heavy atom. The van der Waals surface area contributed by atoms with Crippen molar-refractivity contribution < 1.29 is 15.5 Å². The van der Waals surface area contributed by atoms with Gasteiger partial charge in [0.15, 0.2) is 7.69 Å². The van der Waals surface area contributed by atoms with Crippen molar-refractivity contribution in [1.82, 2.24) is 0 Å². The van der Waals surface area contributed by atoms with Gasteiger partial charge >= 0.3 is 23.1 Å². The van der Waals surface area contributed by atoms with E-state index in [1.165, 1.54) is 0 Å². The van der Waals surface area contributed by atoms with Crippen molar-refractivity contribution in [2.45, 2.75) is 0 Å². The molecule has 0 rings (SSSR count). The zero-order valence-corrected chi connectivity index (χ0v) is 4.00. The van der Waals surface area contributed by atoms with Crippen LogP contribution in [0.4, 0.5) is 0 Å². The van der Waals surface area contributed by atoms with Gasteiger partial charge in [-0.25, -0.2) is 0 Å². The molecule has 0 saturated heterocycles. The molecule has 5 heteroatoms. The smallest absolute Gasteiger partial charge is 0.870 e. The molecule has 0 heterocycles. The van der Waals surface area contributed by atoms with Gasteiger partial charge in [-0.2, -0.15) is 0 Å². The standard InChI is InChI=1S/BHO2.Mg.H2O/c2-1-3;;/h2H;;1H2/q-1;+2;/p-1. The van der Waals surface area contributed by atoms with Crippen LogP contribution in [0.25, 0.3) is 0 Å². The number of hydrogen-bond acceptors (Lipinski definition) is 3. The first kappa shape index (κ1) is 17.2. The van der Waals surface area contributed by atoms with Crippen LogP contribution in [0.2, 0.25) is 0 Å². The maximum Gasteiger partial charge on any atom is 2.00 e. The normalized spacial score (nSPS) is 2.80. The molecule has 0 spiro atoms. The van der Waals surface area contributed by atoms with Crippen molar-refractivity contribution in [3.05, 3.63) is 0 Å². The summed E-state index contributed by atoms with van der Waals surface area (Å²) in [5.74, 6) is 0. The molecule has 0 aromatic carbocycles. The summed E-state index contributed by atoms with van der Waals surface area (Å²) in [6.07, 6.45) is 0. The Hall–Kier alpha value is 0.711. The molecule has 0 unspecified atom stereocenters. The van der Waals surface area contributed by atoms with Gasteiger partial charge in [-0.15, -0.1) is 0 Å². The van der Waals surface area contributed by atoms with E-state index in [9.17, 15) is 0 Å². The number of rotatable bonds is 0. The van der Waals surface area contributed by atoms with E-state index in [4.69, 9.17) is 10.0 Å². The summed E-state index contributed by atoms with van der Waals surface area (Å²) in [6, 6.07) is 0. The van der Waals surface area contributed by atoms with Crippen molar-refractivity contribution in [1.29, 1.82) is 0 Å². The van der Waals surface area contributed by atoms with Crippen LogP contribution in [0.5, 0.6) is 0 Å². The van der Waals surface area contributed by atoms with Gasteiger partial charge in [0.05, 0.1) is 0 Å². The fourth-order valence-corrected chi connectivity index (χ4v) is 0. The van der Waals surface area contributed by atoms with Gasteiger partial charge in [-0.3, -0.25) is 0 Å². The Bertz CT molecular complexity index is 6.85. The van der Waals surface area contributed by atoms with Crippen LogP contribution in [-0.2, 0) is 0 Å². The summed E-state index contributed by atoms with van der Waals surface area (Å²) in [7, 11) is -0.250. The predicted molar refractivity (Wildman–Crippen MR) is 15.7 cm³/mol. The van der Waals surface area contributed by atoms with E-state index in [-0.39, 0.29) is 36.2 Å². The fourth-order valence-electron chi connectivity index (χ4n) is 0. The Morgan fingerprint density at radius 2 is 1.60 bits per heavy atom. The first-order chi connectivity index (χ1) is 1.41. The average Bonchev–Trinajstić information content (AvgIpc) is 0.918. The molecule has 0 fully saturated rings. The van der Waals surface area contributed by atoms with Gasteiger partial charge in [-0.05, 0) is 0 Å². The van der Waals surface area contributed by atoms with Gasteiger partial charge in [0.25, 0.3) is 0 Å². The maximum absolute atomic E-state index is 8.36. The zero-order chi connectivity index (χ0) is 2.71. The molecule has 0 aromatic heterocycles. The van der Waals surface area contributed by atoms with E-state index < -0.39 is 0 Å². The third-order valence-corrected chi connectivity index (χ3v) is 0. The van der Waals surface area contributed by atoms with Crippen LogP contribution in [-0.4, -0.2) is 41.2 Å². The Labute approximate surface area is 46.8 Å². The van der Waals surface area contributed by atoms with Gasteiger partial charge in [-0.1, -0.05) is 0 Å². The molecule has 0 bridgehead atoms. The topological polar surface area (TPSA) is 73.3 Å². The molecule has 0 aliphatic rings. The second-order valence-electron chi connectivity index (χ2n) is 0.105. The molecule has 0 aliphatic heterocycles. The third kappa shape index (κ3) is 68.5. The maximum atomic E-state index is 8.36. The molecular weight excluding hydrogens is 83.1 g/mol. The summed E-state index contributed by atoms with van der Waals surface area (Å²) in [6.45, 7) is 0. The van der Waals surface area contributed by atoms with E-state index >= 15 is 0 Å².